The van der Waals surface area contributed by atoms with Crippen LogP contribution in [0.2, 0.25) is 0 Å². The predicted octanol–water partition coefficient (Wildman–Crippen LogP) is 7.21. The highest BCUT2D eigenvalue weighted by Gasteiger charge is 2.17. The molecule has 11 heteroatoms. The summed E-state index contributed by atoms with van der Waals surface area (Å²) in [6, 6.07) is 0. The third-order valence-corrected chi connectivity index (χ3v) is 4.18. The summed E-state index contributed by atoms with van der Waals surface area (Å²) in [7, 11) is 0. The topological polar surface area (TPSA) is 136 Å². The minimum atomic E-state index is -1.16. The van der Waals surface area contributed by atoms with Crippen molar-refractivity contribution in [3.8, 4) is 0 Å². The molecule has 36 heavy (non-hydrogen) atoms. The van der Waals surface area contributed by atoms with Crippen LogP contribution in [0.1, 0.15) is 107 Å². The normalized spacial score (nSPS) is 12.0. The molecule has 0 saturated heterocycles. The third kappa shape index (κ3) is 29.8. The van der Waals surface area contributed by atoms with Gasteiger partial charge >= 0.3 is 18.5 Å². The molecule has 1 N–H and O–H groups in total. The van der Waals surface area contributed by atoms with E-state index in [1.807, 2.05) is 0 Å². The quantitative estimate of drug-likeness (QED) is 0.0764. The van der Waals surface area contributed by atoms with Crippen LogP contribution in [-0.2, 0) is 33.8 Å². The smallest absolute Gasteiger partial charge is 0.450 e. The Morgan fingerprint density at radius 1 is 0.694 bits per heavy atom. The number of rotatable bonds is 15. The predicted molar refractivity (Wildman–Crippen MR) is 132 cm³/mol. The van der Waals surface area contributed by atoms with Gasteiger partial charge < -0.3 is 19.3 Å². The van der Waals surface area contributed by atoms with Gasteiger partial charge in [-0.2, -0.15) is 9.78 Å². The highest BCUT2D eigenvalue weighted by Crippen LogP contribution is 2.13. The summed E-state index contributed by atoms with van der Waals surface area (Å²) in [4.78, 5) is 51.0. The molecule has 0 fully saturated rings. The van der Waals surface area contributed by atoms with Gasteiger partial charge in [0.25, 0.3) is 0 Å². The molecule has 11 nitrogen and oxygen atoms in total. The van der Waals surface area contributed by atoms with Gasteiger partial charge in [0, 0.05) is 0 Å². The van der Waals surface area contributed by atoms with Gasteiger partial charge in [-0.1, -0.05) is 33.1 Å². The van der Waals surface area contributed by atoms with Crippen LogP contribution in [0.4, 0.5) is 14.4 Å². The van der Waals surface area contributed by atoms with Crippen LogP contribution in [0.25, 0.3) is 0 Å². The van der Waals surface area contributed by atoms with E-state index in [0.29, 0.717) is 25.4 Å². The van der Waals surface area contributed by atoms with Gasteiger partial charge in [0.2, 0.25) is 0 Å². The zero-order valence-electron chi connectivity index (χ0n) is 23.4. The molecule has 0 saturated carbocycles. The van der Waals surface area contributed by atoms with E-state index in [0.717, 1.165) is 38.5 Å². The van der Waals surface area contributed by atoms with Crippen LogP contribution >= 0.6 is 0 Å². The molecule has 0 aromatic rings. The van der Waals surface area contributed by atoms with Crippen LogP contribution in [0.15, 0.2) is 0 Å². The Labute approximate surface area is 215 Å². The molecule has 0 aliphatic heterocycles. The number of carbonyl (C=O) groups excluding carboxylic acids is 2. The lowest BCUT2D eigenvalue weighted by molar-refractivity contribution is -0.312. The molecule has 214 valence electrons. The van der Waals surface area contributed by atoms with Gasteiger partial charge in [-0.3, -0.25) is 9.78 Å². The Bertz CT molecular complexity index is 544. The maximum Gasteiger partial charge on any atom is 0.540 e. The fourth-order valence-electron chi connectivity index (χ4n) is 2.32. The minimum Gasteiger partial charge on any atom is -0.450 e. The van der Waals surface area contributed by atoms with Crippen molar-refractivity contribution in [3.63, 3.8) is 0 Å². The van der Waals surface area contributed by atoms with E-state index in [4.69, 9.17) is 24.4 Å². The first-order valence-electron chi connectivity index (χ1n) is 12.6. The molecule has 0 aromatic heterocycles. The van der Waals surface area contributed by atoms with Crippen LogP contribution in [-0.4, -0.2) is 54.6 Å². The number of hydrogen-bond donors (Lipinski definition) is 1. The fourth-order valence-corrected chi connectivity index (χ4v) is 2.32. The summed E-state index contributed by atoms with van der Waals surface area (Å²) in [5, 5.41) is 8.26. The second-order valence-corrected chi connectivity index (χ2v) is 10.2. The van der Waals surface area contributed by atoms with E-state index in [2.05, 4.69) is 28.4 Å². The maximum atomic E-state index is 11.2. The van der Waals surface area contributed by atoms with E-state index < -0.39 is 29.7 Å². The monoisotopic (exact) mass is 524 g/mol. The van der Waals surface area contributed by atoms with Crippen LogP contribution < -0.4 is 0 Å². The highest BCUT2D eigenvalue weighted by atomic mass is 17.2. The van der Waals surface area contributed by atoms with E-state index in [-0.39, 0.29) is 13.2 Å². The lowest BCUT2D eigenvalue weighted by Gasteiger charge is -2.16. The van der Waals surface area contributed by atoms with Crippen molar-refractivity contribution < 1.29 is 53.3 Å². The largest absolute Gasteiger partial charge is 0.540 e. The fraction of sp³-hybridized carbons (Fsp3) is 0.880. The number of carboxylic acid groups (broad SMARTS) is 1. The average molecular weight is 525 g/mol. The van der Waals surface area contributed by atoms with Crippen LogP contribution in [0.5, 0.6) is 0 Å². The van der Waals surface area contributed by atoms with Gasteiger partial charge in [-0.25, -0.2) is 14.4 Å². The molecule has 0 heterocycles. The average Bonchev–Trinajstić information content (AvgIpc) is 2.77. The molecule has 0 aliphatic carbocycles. The second-order valence-electron chi connectivity index (χ2n) is 10.2. The first-order chi connectivity index (χ1) is 16.7. The summed E-state index contributed by atoms with van der Waals surface area (Å²) in [5.74, 6) is 0.404. The van der Waals surface area contributed by atoms with Crippen LogP contribution in [0.3, 0.4) is 0 Å². The van der Waals surface area contributed by atoms with Crippen molar-refractivity contribution in [2.45, 2.75) is 118 Å². The van der Waals surface area contributed by atoms with Gasteiger partial charge in [0.05, 0.1) is 19.8 Å². The number of carbonyl (C=O) groups is 3. The van der Waals surface area contributed by atoms with Crippen molar-refractivity contribution >= 4 is 18.5 Å². The van der Waals surface area contributed by atoms with E-state index in [1.54, 1.807) is 41.5 Å². The molecule has 1 unspecified atom stereocenters. The lowest BCUT2D eigenvalue weighted by atomic mass is 10.0. The Morgan fingerprint density at radius 2 is 1.14 bits per heavy atom. The molecule has 0 amide bonds. The molecular formula is C25H48O11. The lowest BCUT2D eigenvalue weighted by Crippen LogP contribution is -2.22. The Kier molecular flexibility index (Phi) is 20.8. The van der Waals surface area contributed by atoms with Gasteiger partial charge in [0.15, 0.2) is 0 Å². The van der Waals surface area contributed by atoms with Crippen molar-refractivity contribution in [2.75, 3.05) is 19.8 Å². The third-order valence-electron chi connectivity index (χ3n) is 4.18. The standard InChI is InChI=1S/C16H30O8.C9H18O3/c1-15(2,3)23-21-13(17)19-11-9-7-8-10-12-20-14(18)22-24-16(4,5)6;1-3-5-6-8(4-2)7-12-9(10)11/h7-12H2,1-6H3;8H,3-7H2,1-2H3,(H,10,11). The minimum absolute atomic E-state index is 0.245. The summed E-state index contributed by atoms with van der Waals surface area (Å²) in [6.45, 7) is 15.6. The van der Waals surface area contributed by atoms with Gasteiger partial charge in [-0.05, 0) is 79.6 Å². The number of unbranched alkanes of at least 4 members (excludes halogenated alkanes) is 4. The molecule has 0 spiro atoms. The van der Waals surface area contributed by atoms with Crippen molar-refractivity contribution in [1.82, 2.24) is 0 Å². The molecule has 0 aliphatic rings. The molecule has 0 aromatic carbocycles. The maximum absolute atomic E-state index is 11.2. The Morgan fingerprint density at radius 3 is 1.47 bits per heavy atom. The van der Waals surface area contributed by atoms with Crippen molar-refractivity contribution in [1.29, 1.82) is 0 Å². The SMILES string of the molecule is CC(C)(C)OOC(=O)OCCCCCCOC(=O)OOC(C)(C)C.CCCCC(CC)COC(=O)O. The molecular weight excluding hydrogens is 476 g/mol. The first kappa shape index (κ1) is 35.9. The Hall–Kier alpha value is -2.27. The summed E-state index contributed by atoms with van der Waals surface area (Å²) < 4.78 is 14.2. The number of hydrogen-bond acceptors (Lipinski definition) is 10. The summed E-state index contributed by atoms with van der Waals surface area (Å²) in [5.41, 5.74) is -1.14. The van der Waals surface area contributed by atoms with E-state index in [9.17, 15) is 14.4 Å². The molecule has 0 radical (unpaired) electrons. The van der Waals surface area contributed by atoms with E-state index in [1.165, 1.54) is 0 Å². The van der Waals surface area contributed by atoms with Crippen molar-refractivity contribution in [3.05, 3.63) is 0 Å². The highest BCUT2D eigenvalue weighted by molar-refractivity contribution is 5.59. The van der Waals surface area contributed by atoms with Gasteiger partial charge in [0.1, 0.15) is 11.2 Å². The first-order valence-corrected chi connectivity index (χ1v) is 12.6. The zero-order chi connectivity index (χ0) is 28.0. The van der Waals surface area contributed by atoms with Crippen LogP contribution in [0, 0.1) is 5.92 Å². The second kappa shape index (κ2) is 20.9. The summed E-state index contributed by atoms with van der Waals surface area (Å²) in [6.07, 6.45) is 4.52. The molecule has 0 rings (SSSR count). The molecule has 1 atom stereocenters. The zero-order valence-corrected chi connectivity index (χ0v) is 23.4. The Balaban J connectivity index is 0. The van der Waals surface area contributed by atoms with E-state index >= 15 is 0 Å². The van der Waals surface area contributed by atoms with Crippen molar-refractivity contribution in [2.24, 2.45) is 5.92 Å². The summed E-state index contributed by atoms with van der Waals surface area (Å²) >= 11 is 0. The number of ether oxygens (including phenoxy) is 3. The van der Waals surface area contributed by atoms with Gasteiger partial charge in [-0.15, -0.1) is 0 Å². The molecule has 0 bridgehead atoms.